The molecule has 0 aromatic rings. The van der Waals surface area contributed by atoms with Gasteiger partial charge in [-0.3, -0.25) is 4.79 Å². The van der Waals surface area contributed by atoms with Crippen LogP contribution in [-0.2, 0) is 4.79 Å². The van der Waals surface area contributed by atoms with Gasteiger partial charge in [-0.1, -0.05) is 12.2 Å². The summed E-state index contributed by atoms with van der Waals surface area (Å²) in [5, 5.41) is 16.7. The molecule has 0 aromatic carbocycles. The molecule has 0 saturated carbocycles. The Kier molecular flexibility index (Phi) is 4.04. The third-order valence-corrected chi connectivity index (χ3v) is 4.72. The van der Waals surface area contributed by atoms with Crippen molar-refractivity contribution in [2.75, 3.05) is 6.54 Å². The standard InChI is InChI=1S/C9H13NO2S.ClH/c11-9(12)8-5-7(6-10-8)13-3-1-2-4-13;/h1-4,7-8,10,13H,5-6H2,(H,11,12);1H/t7-,8-;/m0./s1. The zero-order valence-corrected chi connectivity index (χ0v) is 9.30. The number of thiol groups is 1. The molecule has 2 N–H and O–H groups in total. The lowest BCUT2D eigenvalue weighted by molar-refractivity contribution is -0.139. The fourth-order valence-electron chi connectivity index (χ4n) is 1.72. The molecule has 1 fully saturated rings. The number of allylic oxidation sites excluding steroid dienone is 2. The molecule has 2 aliphatic heterocycles. The van der Waals surface area contributed by atoms with Crippen LogP contribution in [0.1, 0.15) is 6.42 Å². The van der Waals surface area contributed by atoms with Crippen LogP contribution < -0.4 is 5.32 Å². The number of carboxylic acid groups (broad SMARTS) is 1. The molecular formula is C9H14ClNO2S. The minimum atomic E-state index is -0.718. The van der Waals surface area contributed by atoms with Crippen LogP contribution in [0.5, 0.6) is 0 Å². The SMILES string of the molecule is Cl.O=C(O)[C@@H]1C[C@H]([SH]2C=CC=C2)CN1. The first-order valence-electron chi connectivity index (χ1n) is 4.36. The summed E-state index contributed by atoms with van der Waals surface area (Å²) < 4.78 is 0. The molecule has 2 aliphatic rings. The number of halogens is 1. The zero-order valence-electron chi connectivity index (χ0n) is 7.59. The number of hydrogen-bond acceptors (Lipinski definition) is 2. The van der Waals surface area contributed by atoms with Gasteiger partial charge in [0, 0.05) is 11.8 Å². The van der Waals surface area contributed by atoms with Crippen LogP contribution in [0.15, 0.2) is 23.0 Å². The molecule has 0 unspecified atom stereocenters. The molecular weight excluding hydrogens is 222 g/mol. The van der Waals surface area contributed by atoms with Crippen molar-refractivity contribution in [3.05, 3.63) is 23.0 Å². The fourth-order valence-corrected chi connectivity index (χ4v) is 3.68. The predicted octanol–water partition coefficient (Wildman–Crippen LogP) is 1.27. The van der Waals surface area contributed by atoms with Gasteiger partial charge in [0.15, 0.2) is 0 Å². The van der Waals surface area contributed by atoms with Gasteiger partial charge in [-0.25, -0.2) is 10.9 Å². The monoisotopic (exact) mass is 235 g/mol. The molecule has 2 rings (SSSR count). The van der Waals surface area contributed by atoms with Gasteiger partial charge in [-0.05, 0) is 17.2 Å². The summed E-state index contributed by atoms with van der Waals surface area (Å²) in [7, 11) is -0.185. The Morgan fingerprint density at radius 3 is 2.57 bits per heavy atom. The van der Waals surface area contributed by atoms with E-state index in [1.54, 1.807) is 0 Å². The highest BCUT2D eigenvalue weighted by atomic mass is 35.5. The van der Waals surface area contributed by atoms with E-state index in [1.165, 1.54) is 0 Å². The van der Waals surface area contributed by atoms with Gasteiger partial charge in [-0.2, -0.15) is 0 Å². The van der Waals surface area contributed by atoms with E-state index < -0.39 is 5.97 Å². The van der Waals surface area contributed by atoms with E-state index in [4.69, 9.17) is 5.11 Å². The van der Waals surface area contributed by atoms with E-state index in [1.807, 2.05) is 0 Å². The molecule has 0 amide bonds. The fraction of sp³-hybridized carbons (Fsp3) is 0.444. The van der Waals surface area contributed by atoms with E-state index in [9.17, 15) is 4.79 Å². The first kappa shape index (κ1) is 11.6. The van der Waals surface area contributed by atoms with Gasteiger partial charge in [0.2, 0.25) is 0 Å². The number of hydrogen-bond donors (Lipinski definition) is 3. The number of carbonyl (C=O) groups is 1. The summed E-state index contributed by atoms with van der Waals surface area (Å²) in [5.41, 5.74) is 0. The van der Waals surface area contributed by atoms with E-state index >= 15 is 0 Å². The quantitative estimate of drug-likeness (QED) is 0.632. The summed E-state index contributed by atoms with van der Waals surface area (Å²) in [4.78, 5) is 10.7. The second-order valence-corrected chi connectivity index (χ2v) is 5.54. The van der Waals surface area contributed by atoms with Crippen molar-refractivity contribution in [3.8, 4) is 0 Å². The van der Waals surface area contributed by atoms with Crippen LogP contribution in [0, 0.1) is 0 Å². The van der Waals surface area contributed by atoms with Crippen LogP contribution in [0.2, 0.25) is 0 Å². The molecule has 0 radical (unpaired) electrons. The van der Waals surface area contributed by atoms with Gasteiger partial charge in [0.05, 0.1) is 0 Å². The van der Waals surface area contributed by atoms with Crippen LogP contribution in [0.25, 0.3) is 0 Å². The van der Waals surface area contributed by atoms with Crippen molar-refractivity contribution in [2.24, 2.45) is 0 Å². The molecule has 0 spiro atoms. The van der Waals surface area contributed by atoms with E-state index in [0.29, 0.717) is 5.25 Å². The van der Waals surface area contributed by atoms with Crippen molar-refractivity contribution < 1.29 is 9.90 Å². The summed E-state index contributed by atoms with van der Waals surface area (Å²) >= 11 is 0. The van der Waals surface area contributed by atoms with E-state index in [-0.39, 0.29) is 29.3 Å². The lowest BCUT2D eigenvalue weighted by Crippen LogP contribution is -2.29. The molecule has 2 atom stereocenters. The Balaban J connectivity index is 0.000000980. The smallest absolute Gasteiger partial charge is 0.320 e. The third kappa shape index (κ3) is 2.32. The molecule has 0 bridgehead atoms. The molecule has 0 aliphatic carbocycles. The van der Waals surface area contributed by atoms with Crippen molar-refractivity contribution in [1.29, 1.82) is 0 Å². The highest BCUT2D eigenvalue weighted by Gasteiger charge is 2.31. The normalized spacial score (nSPS) is 31.9. The second-order valence-electron chi connectivity index (χ2n) is 3.32. The topological polar surface area (TPSA) is 49.3 Å². The van der Waals surface area contributed by atoms with E-state index in [0.717, 1.165) is 13.0 Å². The van der Waals surface area contributed by atoms with E-state index in [2.05, 4.69) is 28.3 Å². The number of nitrogens with one attached hydrogen (secondary N) is 1. The maximum Gasteiger partial charge on any atom is 0.320 e. The van der Waals surface area contributed by atoms with Crippen molar-refractivity contribution in [1.82, 2.24) is 5.32 Å². The summed E-state index contributed by atoms with van der Waals surface area (Å²) in [6, 6.07) is -0.324. The lowest BCUT2D eigenvalue weighted by Gasteiger charge is -2.17. The minimum absolute atomic E-state index is 0. The van der Waals surface area contributed by atoms with Crippen molar-refractivity contribution >= 4 is 29.3 Å². The summed E-state index contributed by atoms with van der Waals surface area (Å²) in [6.07, 6.45) is 4.88. The zero-order chi connectivity index (χ0) is 9.26. The average Bonchev–Trinajstić information content (AvgIpc) is 2.75. The maximum absolute atomic E-state index is 10.7. The van der Waals surface area contributed by atoms with Gasteiger partial charge in [0.25, 0.3) is 0 Å². The number of aliphatic carboxylic acids is 1. The van der Waals surface area contributed by atoms with Gasteiger partial charge >= 0.3 is 5.97 Å². The second kappa shape index (κ2) is 4.87. The Morgan fingerprint density at radius 2 is 2.07 bits per heavy atom. The molecule has 1 saturated heterocycles. The Morgan fingerprint density at radius 1 is 1.43 bits per heavy atom. The molecule has 0 aromatic heterocycles. The van der Waals surface area contributed by atoms with Gasteiger partial charge in [0.1, 0.15) is 6.04 Å². The first-order valence-corrected chi connectivity index (χ1v) is 5.91. The highest BCUT2D eigenvalue weighted by molar-refractivity contribution is 8.22. The summed E-state index contributed by atoms with van der Waals surface area (Å²) in [6.45, 7) is 0.845. The highest BCUT2D eigenvalue weighted by Crippen LogP contribution is 2.41. The van der Waals surface area contributed by atoms with Gasteiger partial charge in [-0.15, -0.1) is 12.4 Å². The van der Waals surface area contributed by atoms with Crippen molar-refractivity contribution in [3.63, 3.8) is 0 Å². The largest absolute Gasteiger partial charge is 0.480 e. The van der Waals surface area contributed by atoms with Gasteiger partial charge < -0.3 is 10.4 Å². The molecule has 80 valence electrons. The van der Waals surface area contributed by atoms with Crippen LogP contribution in [0.4, 0.5) is 0 Å². The lowest BCUT2D eigenvalue weighted by atomic mass is 10.2. The number of rotatable bonds is 2. The minimum Gasteiger partial charge on any atom is -0.480 e. The first-order chi connectivity index (χ1) is 6.27. The Hall–Kier alpha value is -0.450. The maximum atomic E-state index is 10.7. The molecule has 2 heterocycles. The van der Waals surface area contributed by atoms with Crippen LogP contribution in [-0.4, -0.2) is 28.9 Å². The third-order valence-electron chi connectivity index (χ3n) is 2.45. The van der Waals surface area contributed by atoms with Crippen molar-refractivity contribution in [2.45, 2.75) is 17.7 Å². The van der Waals surface area contributed by atoms with Crippen LogP contribution in [0.3, 0.4) is 0 Å². The Bertz CT molecular complexity index is 268. The predicted molar refractivity (Wildman–Crippen MR) is 62.3 cm³/mol. The van der Waals surface area contributed by atoms with Crippen LogP contribution >= 0.6 is 23.3 Å². The molecule has 3 nitrogen and oxygen atoms in total. The Labute approximate surface area is 92.0 Å². The average molecular weight is 236 g/mol. The molecule has 5 heteroatoms. The number of carboxylic acids is 1. The molecule has 14 heavy (non-hydrogen) atoms. The summed E-state index contributed by atoms with van der Waals surface area (Å²) in [5.74, 6) is -0.718.